The first-order valence-corrected chi connectivity index (χ1v) is 6.59. The zero-order valence-corrected chi connectivity index (χ0v) is 10.8. The van der Waals surface area contributed by atoms with Gasteiger partial charge in [0.2, 0.25) is 5.91 Å². The minimum absolute atomic E-state index is 0.0405. The maximum atomic E-state index is 11.3. The number of hydrogen-bond acceptors (Lipinski definition) is 1. The minimum atomic E-state index is -0.0405. The van der Waals surface area contributed by atoms with Gasteiger partial charge in [0.05, 0.1) is 0 Å². The van der Waals surface area contributed by atoms with E-state index in [1.54, 1.807) is 0 Å². The third-order valence-corrected chi connectivity index (χ3v) is 3.58. The van der Waals surface area contributed by atoms with Crippen molar-refractivity contribution in [1.82, 2.24) is 0 Å². The van der Waals surface area contributed by atoms with Gasteiger partial charge in [-0.15, -0.1) is 6.42 Å². The highest BCUT2D eigenvalue weighted by Gasteiger charge is 2.19. The molecule has 1 aromatic rings. The van der Waals surface area contributed by atoms with Crippen LogP contribution in [0.15, 0.2) is 18.2 Å². The van der Waals surface area contributed by atoms with Gasteiger partial charge < -0.3 is 5.32 Å². The molecule has 1 saturated carbocycles. The number of rotatable bonds is 2. The van der Waals surface area contributed by atoms with Gasteiger partial charge in [-0.1, -0.05) is 31.2 Å². The van der Waals surface area contributed by atoms with Gasteiger partial charge in [-0.2, -0.15) is 0 Å². The van der Waals surface area contributed by atoms with Gasteiger partial charge in [0.15, 0.2) is 0 Å². The molecule has 0 saturated heterocycles. The second kappa shape index (κ2) is 5.73. The molecule has 0 bridgehead atoms. The molecule has 1 N–H and O–H groups in total. The van der Waals surface area contributed by atoms with Crippen molar-refractivity contribution in [3.05, 3.63) is 29.3 Å². The number of terminal acetylenes is 1. The topological polar surface area (TPSA) is 29.1 Å². The number of carbonyl (C=O) groups is 1. The molecular formula is C16H19NO. The van der Waals surface area contributed by atoms with Crippen LogP contribution in [0.25, 0.3) is 0 Å². The van der Waals surface area contributed by atoms with Crippen molar-refractivity contribution in [2.24, 2.45) is 0 Å². The van der Waals surface area contributed by atoms with Gasteiger partial charge in [0, 0.05) is 18.2 Å². The monoisotopic (exact) mass is 241 g/mol. The average molecular weight is 241 g/mol. The Morgan fingerprint density at radius 2 is 2.06 bits per heavy atom. The van der Waals surface area contributed by atoms with Crippen LogP contribution in [-0.4, -0.2) is 5.91 Å². The summed E-state index contributed by atoms with van der Waals surface area (Å²) in [7, 11) is 0. The van der Waals surface area contributed by atoms with E-state index in [0.717, 1.165) is 11.3 Å². The summed E-state index contributed by atoms with van der Waals surface area (Å²) in [4.78, 5) is 11.3. The molecule has 0 radical (unpaired) electrons. The molecule has 1 aliphatic carbocycles. The summed E-state index contributed by atoms with van der Waals surface area (Å²) >= 11 is 0. The Bertz CT molecular complexity index is 478. The zero-order valence-electron chi connectivity index (χ0n) is 10.8. The van der Waals surface area contributed by atoms with Crippen LogP contribution >= 0.6 is 0 Å². The third-order valence-electron chi connectivity index (χ3n) is 3.58. The standard InChI is InChI=1S/C16H19NO/c1-3-13-9-10-15(14-7-5-4-6-8-14)16(11-13)17-12(2)18/h1,9-11,14H,4-8H2,2H3,(H,17,18). The Morgan fingerprint density at radius 3 is 2.67 bits per heavy atom. The highest BCUT2D eigenvalue weighted by Crippen LogP contribution is 2.36. The van der Waals surface area contributed by atoms with Crippen LogP contribution in [0.5, 0.6) is 0 Å². The van der Waals surface area contributed by atoms with E-state index in [4.69, 9.17) is 6.42 Å². The first-order chi connectivity index (χ1) is 8.70. The summed E-state index contributed by atoms with van der Waals surface area (Å²) in [6.45, 7) is 1.53. The molecule has 0 heterocycles. The number of hydrogen-bond donors (Lipinski definition) is 1. The van der Waals surface area contributed by atoms with Crippen molar-refractivity contribution in [3.63, 3.8) is 0 Å². The SMILES string of the molecule is C#Cc1ccc(C2CCCCC2)c(NC(C)=O)c1. The van der Waals surface area contributed by atoms with E-state index in [0.29, 0.717) is 5.92 Å². The minimum Gasteiger partial charge on any atom is -0.326 e. The zero-order chi connectivity index (χ0) is 13.0. The van der Waals surface area contributed by atoms with Crippen LogP contribution in [0.1, 0.15) is 56.1 Å². The van der Waals surface area contributed by atoms with Gasteiger partial charge in [-0.25, -0.2) is 0 Å². The van der Waals surface area contributed by atoms with E-state index in [9.17, 15) is 4.79 Å². The summed E-state index contributed by atoms with van der Waals surface area (Å²) in [6.07, 6.45) is 11.7. The lowest BCUT2D eigenvalue weighted by Crippen LogP contribution is -2.12. The smallest absolute Gasteiger partial charge is 0.221 e. The van der Waals surface area contributed by atoms with E-state index in [2.05, 4.69) is 17.3 Å². The molecule has 0 aliphatic heterocycles. The fraction of sp³-hybridized carbons (Fsp3) is 0.438. The van der Waals surface area contributed by atoms with Gasteiger partial charge in [-0.3, -0.25) is 4.79 Å². The summed E-state index contributed by atoms with van der Waals surface area (Å²) in [5.74, 6) is 3.14. The van der Waals surface area contributed by atoms with E-state index < -0.39 is 0 Å². The molecule has 1 aliphatic rings. The predicted molar refractivity (Wildman–Crippen MR) is 74.5 cm³/mol. The molecule has 2 rings (SSSR count). The van der Waals surface area contributed by atoms with Crippen molar-refractivity contribution in [2.45, 2.75) is 44.9 Å². The predicted octanol–water partition coefficient (Wildman–Crippen LogP) is 3.67. The van der Waals surface area contributed by atoms with Crippen LogP contribution in [0, 0.1) is 12.3 Å². The second-order valence-corrected chi connectivity index (χ2v) is 4.96. The molecule has 1 amide bonds. The number of benzene rings is 1. The first-order valence-electron chi connectivity index (χ1n) is 6.59. The molecule has 0 aromatic heterocycles. The fourth-order valence-corrected chi connectivity index (χ4v) is 2.71. The Kier molecular flexibility index (Phi) is 4.04. The summed E-state index contributed by atoms with van der Waals surface area (Å²) in [5.41, 5.74) is 2.95. The maximum absolute atomic E-state index is 11.3. The number of nitrogens with one attached hydrogen (secondary N) is 1. The molecule has 0 unspecified atom stereocenters. The fourth-order valence-electron chi connectivity index (χ4n) is 2.71. The molecule has 0 spiro atoms. The Balaban J connectivity index is 2.32. The molecule has 1 fully saturated rings. The van der Waals surface area contributed by atoms with Crippen molar-refractivity contribution >= 4 is 11.6 Å². The lowest BCUT2D eigenvalue weighted by atomic mass is 9.83. The molecule has 1 aromatic carbocycles. The van der Waals surface area contributed by atoms with Crippen LogP contribution in [-0.2, 0) is 4.79 Å². The van der Waals surface area contributed by atoms with E-state index in [1.165, 1.54) is 44.6 Å². The highest BCUT2D eigenvalue weighted by atomic mass is 16.1. The lowest BCUT2D eigenvalue weighted by molar-refractivity contribution is -0.114. The average Bonchev–Trinajstić information content (AvgIpc) is 2.39. The Labute approximate surface area is 109 Å². The number of carbonyl (C=O) groups excluding carboxylic acids is 1. The summed E-state index contributed by atoms with van der Waals surface area (Å²) < 4.78 is 0. The van der Waals surface area contributed by atoms with Crippen LogP contribution in [0.2, 0.25) is 0 Å². The quantitative estimate of drug-likeness (QED) is 0.786. The van der Waals surface area contributed by atoms with Crippen molar-refractivity contribution in [1.29, 1.82) is 0 Å². The van der Waals surface area contributed by atoms with Crippen LogP contribution < -0.4 is 5.32 Å². The number of anilines is 1. The third kappa shape index (κ3) is 2.92. The largest absolute Gasteiger partial charge is 0.326 e. The Morgan fingerprint density at radius 1 is 1.33 bits per heavy atom. The van der Waals surface area contributed by atoms with E-state index in [1.807, 2.05) is 12.1 Å². The van der Waals surface area contributed by atoms with Gasteiger partial charge in [0.1, 0.15) is 0 Å². The molecule has 94 valence electrons. The second-order valence-electron chi connectivity index (χ2n) is 4.96. The number of amides is 1. The van der Waals surface area contributed by atoms with E-state index >= 15 is 0 Å². The Hall–Kier alpha value is -1.75. The molecule has 18 heavy (non-hydrogen) atoms. The summed E-state index contributed by atoms with van der Waals surface area (Å²) in [6, 6.07) is 5.96. The molecule has 0 atom stereocenters. The van der Waals surface area contributed by atoms with Gasteiger partial charge in [0.25, 0.3) is 0 Å². The lowest BCUT2D eigenvalue weighted by Gasteiger charge is -2.24. The van der Waals surface area contributed by atoms with Crippen LogP contribution in [0.4, 0.5) is 5.69 Å². The van der Waals surface area contributed by atoms with Gasteiger partial charge >= 0.3 is 0 Å². The van der Waals surface area contributed by atoms with Gasteiger partial charge in [-0.05, 0) is 36.5 Å². The molecular weight excluding hydrogens is 222 g/mol. The first kappa shape index (κ1) is 12.7. The summed E-state index contributed by atoms with van der Waals surface area (Å²) in [5, 5.41) is 2.91. The van der Waals surface area contributed by atoms with Crippen molar-refractivity contribution in [3.8, 4) is 12.3 Å². The maximum Gasteiger partial charge on any atom is 0.221 e. The highest BCUT2D eigenvalue weighted by molar-refractivity contribution is 5.90. The van der Waals surface area contributed by atoms with Crippen molar-refractivity contribution in [2.75, 3.05) is 5.32 Å². The van der Waals surface area contributed by atoms with Crippen molar-refractivity contribution < 1.29 is 4.79 Å². The van der Waals surface area contributed by atoms with E-state index in [-0.39, 0.29) is 5.91 Å². The normalized spacial score (nSPS) is 16.0. The molecule has 2 heteroatoms. The molecule has 2 nitrogen and oxygen atoms in total. The van der Waals surface area contributed by atoms with Crippen LogP contribution in [0.3, 0.4) is 0 Å².